The standard InChI is InChI=1S/C10H16N4O3/c1-3-17-6-8-12-14(10(16)13(8)2)9(15)11-7-4-5-7/h7H,3-6H2,1-2H3,(H,11,15). The van der Waals surface area contributed by atoms with Crippen molar-refractivity contribution in [3.8, 4) is 0 Å². The van der Waals surface area contributed by atoms with Crippen molar-refractivity contribution in [2.24, 2.45) is 7.05 Å². The summed E-state index contributed by atoms with van der Waals surface area (Å²) in [7, 11) is 1.57. The molecule has 1 aromatic rings. The first-order valence-electron chi connectivity index (χ1n) is 5.67. The van der Waals surface area contributed by atoms with Crippen LogP contribution in [0, 0.1) is 0 Å². The molecule has 1 aromatic heterocycles. The summed E-state index contributed by atoms with van der Waals surface area (Å²) in [6.07, 6.45) is 1.94. The summed E-state index contributed by atoms with van der Waals surface area (Å²) in [6, 6.07) is -0.261. The molecule has 0 unspecified atom stereocenters. The lowest BCUT2D eigenvalue weighted by Gasteiger charge is -1.99. The molecule has 0 spiro atoms. The SMILES string of the molecule is CCOCc1nn(C(=O)NC2CC2)c(=O)n1C. The molecule has 1 heterocycles. The van der Waals surface area contributed by atoms with E-state index in [1.54, 1.807) is 7.05 Å². The fourth-order valence-electron chi connectivity index (χ4n) is 1.39. The van der Waals surface area contributed by atoms with Crippen molar-refractivity contribution < 1.29 is 9.53 Å². The molecule has 1 fully saturated rings. The molecule has 1 aliphatic rings. The normalized spacial score (nSPS) is 14.9. The molecule has 1 amide bonds. The molecule has 1 saturated carbocycles. The van der Waals surface area contributed by atoms with Gasteiger partial charge in [0.1, 0.15) is 6.61 Å². The summed E-state index contributed by atoms with van der Waals surface area (Å²) in [4.78, 5) is 23.4. The number of nitrogens with zero attached hydrogens (tertiary/aromatic N) is 3. The summed E-state index contributed by atoms with van der Waals surface area (Å²) in [6.45, 7) is 2.62. The third kappa shape index (κ3) is 2.55. The number of carbonyl (C=O) groups excluding carboxylic acids is 1. The van der Waals surface area contributed by atoms with Crippen LogP contribution in [-0.2, 0) is 18.4 Å². The molecular formula is C10H16N4O3. The van der Waals surface area contributed by atoms with Crippen molar-refractivity contribution in [2.45, 2.75) is 32.4 Å². The van der Waals surface area contributed by atoms with Crippen LogP contribution in [0.15, 0.2) is 4.79 Å². The average molecular weight is 240 g/mol. The average Bonchev–Trinajstić information content (AvgIpc) is 3.06. The van der Waals surface area contributed by atoms with Gasteiger partial charge in [0.25, 0.3) is 0 Å². The maximum atomic E-state index is 11.7. The van der Waals surface area contributed by atoms with Gasteiger partial charge >= 0.3 is 11.7 Å². The lowest BCUT2D eigenvalue weighted by atomic mass is 10.6. The molecule has 7 heteroatoms. The summed E-state index contributed by atoms with van der Waals surface area (Å²) in [5, 5.41) is 6.67. The highest BCUT2D eigenvalue weighted by Gasteiger charge is 2.26. The van der Waals surface area contributed by atoms with Gasteiger partial charge in [-0.1, -0.05) is 0 Å². The molecule has 1 N–H and O–H groups in total. The predicted molar refractivity (Wildman–Crippen MR) is 59.7 cm³/mol. The monoisotopic (exact) mass is 240 g/mol. The van der Waals surface area contributed by atoms with Gasteiger partial charge < -0.3 is 10.1 Å². The van der Waals surface area contributed by atoms with Crippen LogP contribution in [0.25, 0.3) is 0 Å². The first-order valence-corrected chi connectivity index (χ1v) is 5.67. The number of ether oxygens (including phenoxy) is 1. The van der Waals surface area contributed by atoms with E-state index < -0.39 is 11.7 Å². The highest BCUT2D eigenvalue weighted by Crippen LogP contribution is 2.18. The molecule has 0 bridgehead atoms. The molecule has 0 aromatic carbocycles. The van der Waals surface area contributed by atoms with Crippen LogP contribution in [0.4, 0.5) is 4.79 Å². The minimum absolute atomic E-state index is 0.201. The van der Waals surface area contributed by atoms with Crippen LogP contribution in [0.5, 0.6) is 0 Å². The van der Waals surface area contributed by atoms with Crippen LogP contribution >= 0.6 is 0 Å². The Labute approximate surface area is 98.4 Å². The molecule has 0 atom stereocenters. The first kappa shape index (κ1) is 11.8. The van der Waals surface area contributed by atoms with Gasteiger partial charge in [-0.15, -0.1) is 9.78 Å². The van der Waals surface area contributed by atoms with E-state index >= 15 is 0 Å². The van der Waals surface area contributed by atoms with Gasteiger partial charge in [0.2, 0.25) is 0 Å². The smallest absolute Gasteiger partial charge is 0.354 e. The number of aromatic nitrogens is 3. The van der Waals surface area contributed by atoms with Crippen LogP contribution < -0.4 is 11.0 Å². The zero-order valence-corrected chi connectivity index (χ0v) is 9.97. The Kier molecular flexibility index (Phi) is 3.28. The molecule has 17 heavy (non-hydrogen) atoms. The van der Waals surface area contributed by atoms with Crippen LogP contribution in [0.1, 0.15) is 25.6 Å². The predicted octanol–water partition coefficient (Wildman–Crippen LogP) is -0.162. The first-order chi connectivity index (χ1) is 8.13. The Morgan fingerprint density at radius 2 is 2.29 bits per heavy atom. The second-order valence-electron chi connectivity index (χ2n) is 4.03. The third-order valence-corrected chi connectivity index (χ3v) is 2.60. The van der Waals surface area contributed by atoms with Crippen LogP contribution in [0.2, 0.25) is 0 Å². The Bertz CT molecular complexity index is 472. The minimum atomic E-state index is -0.462. The maximum absolute atomic E-state index is 11.7. The third-order valence-electron chi connectivity index (χ3n) is 2.60. The van der Waals surface area contributed by atoms with Crippen molar-refractivity contribution in [3.63, 3.8) is 0 Å². The van der Waals surface area contributed by atoms with E-state index in [1.165, 1.54) is 4.57 Å². The number of hydrogen-bond acceptors (Lipinski definition) is 4. The highest BCUT2D eigenvalue weighted by molar-refractivity contribution is 5.76. The molecule has 1 aliphatic carbocycles. The summed E-state index contributed by atoms with van der Waals surface area (Å²) < 4.78 is 7.35. The minimum Gasteiger partial charge on any atom is -0.374 e. The van der Waals surface area contributed by atoms with Crippen molar-refractivity contribution in [1.82, 2.24) is 19.7 Å². The number of rotatable bonds is 4. The second-order valence-corrected chi connectivity index (χ2v) is 4.03. The summed E-state index contributed by atoms with van der Waals surface area (Å²) >= 11 is 0. The lowest BCUT2D eigenvalue weighted by Crippen LogP contribution is -2.38. The van der Waals surface area contributed by atoms with Crippen molar-refractivity contribution in [3.05, 3.63) is 16.3 Å². The largest absolute Gasteiger partial charge is 0.374 e. The Hall–Kier alpha value is -1.63. The topological polar surface area (TPSA) is 78.2 Å². The Balaban J connectivity index is 2.15. The fraction of sp³-hybridized carbons (Fsp3) is 0.700. The number of amides is 1. The van der Waals surface area contributed by atoms with E-state index in [9.17, 15) is 9.59 Å². The summed E-state index contributed by atoms with van der Waals surface area (Å²) in [5.41, 5.74) is -0.446. The number of nitrogens with one attached hydrogen (secondary N) is 1. The van der Waals surface area contributed by atoms with Gasteiger partial charge in [0, 0.05) is 19.7 Å². The van der Waals surface area contributed by atoms with Crippen molar-refractivity contribution >= 4 is 6.03 Å². The lowest BCUT2D eigenvalue weighted by molar-refractivity contribution is 0.126. The number of hydrogen-bond donors (Lipinski definition) is 1. The maximum Gasteiger partial charge on any atom is 0.354 e. The van der Waals surface area contributed by atoms with E-state index in [0.29, 0.717) is 12.4 Å². The molecule has 0 radical (unpaired) electrons. The highest BCUT2D eigenvalue weighted by atomic mass is 16.5. The Morgan fingerprint density at radius 1 is 1.59 bits per heavy atom. The van der Waals surface area contributed by atoms with E-state index in [1.807, 2.05) is 6.92 Å². The Morgan fingerprint density at radius 3 is 2.88 bits per heavy atom. The quantitative estimate of drug-likeness (QED) is 0.793. The van der Waals surface area contributed by atoms with Gasteiger partial charge in [0.15, 0.2) is 5.82 Å². The van der Waals surface area contributed by atoms with Crippen LogP contribution in [0.3, 0.4) is 0 Å². The van der Waals surface area contributed by atoms with E-state index in [2.05, 4.69) is 10.4 Å². The molecule has 0 saturated heterocycles. The van der Waals surface area contributed by atoms with Gasteiger partial charge in [-0.3, -0.25) is 4.57 Å². The van der Waals surface area contributed by atoms with E-state index in [-0.39, 0.29) is 12.6 Å². The van der Waals surface area contributed by atoms with Crippen molar-refractivity contribution in [1.29, 1.82) is 0 Å². The molecular weight excluding hydrogens is 224 g/mol. The second kappa shape index (κ2) is 4.70. The number of carbonyl (C=O) groups is 1. The molecule has 0 aliphatic heterocycles. The zero-order valence-electron chi connectivity index (χ0n) is 9.97. The van der Waals surface area contributed by atoms with E-state index in [0.717, 1.165) is 17.5 Å². The van der Waals surface area contributed by atoms with E-state index in [4.69, 9.17) is 4.74 Å². The molecule has 94 valence electrons. The van der Waals surface area contributed by atoms with Gasteiger partial charge in [-0.25, -0.2) is 9.59 Å². The zero-order chi connectivity index (χ0) is 12.4. The fourth-order valence-corrected chi connectivity index (χ4v) is 1.39. The van der Waals surface area contributed by atoms with Crippen LogP contribution in [-0.4, -0.2) is 33.0 Å². The molecule has 7 nitrogen and oxygen atoms in total. The van der Waals surface area contributed by atoms with Gasteiger partial charge in [-0.2, -0.15) is 0 Å². The summed E-state index contributed by atoms with van der Waals surface area (Å²) in [5.74, 6) is 0.447. The van der Waals surface area contributed by atoms with Crippen molar-refractivity contribution in [2.75, 3.05) is 6.61 Å². The van der Waals surface area contributed by atoms with Gasteiger partial charge in [0.05, 0.1) is 0 Å². The molecule has 2 rings (SSSR count). The van der Waals surface area contributed by atoms with Gasteiger partial charge in [-0.05, 0) is 19.8 Å².